The van der Waals surface area contributed by atoms with Gasteiger partial charge in [0.15, 0.2) is 0 Å². The molecule has 0 unspecified atom stereocenters. The Hall–Kier alpha value is 1.20. The molecule has 0 aliphatic rings. The van der Waals surface area contributed by atoms with Crippen molar-refractivity contribution < 1.29 is 60.7 Å². The monoisotopic (exact) mass is 376 g/mol. The summed E-state index contributed by atoms with van der Waals surface area (Å²) in [6, 6.07) is 0. The van der Waals surface area contributed by atoms with E-state index in [9.17, 15) is 28.7 Å². The van der Waals surface area contributed by atoms with Crippen LogP contribution in [0.25, 0.3) is 0 Å². The minimum atomic E-state index is -5.68. The molecule has 0 rings (SSSR count). The summed E-state index contributed by atoms with van der Waals surface area (Å²) < 4.78 is 21.2. The molecule has 0 fully saturated rings. The molecule has 0 bridgehead atoms. The van der Waals surface area contributed by atoms with E-state index in [0.717, 1.165) is 0 Å². The van der Waals surface area contributed by atoms with Gasteiger partial charge in [0.25, 0.3) is 0 Å². The van der Waals surface area contributed by atoms with Crippen LogP contribution in [-0.2, 0) is 41.1 Å². The van der Waals surface area contributed by atoms with Gasteiger partial charge in [0, 0.05) is 0 Å². The van der Waals surface area contributed by atoms with Crippen LogP contribution >= 0.6 is 15.6 Å². The second-order valence-corrected chi connectivity index (χ2v) is 3.42. The topological polar surface area (TPSA) is 136 Å². The average molecular weight is 375 g/mol. The molecule has 0 aliphatic heterocycles. The normalized spacial score (nSPS) is 12.4. The molecule has 0 radical (unpaired) electrons. The zero-order valence-corrected chi connectivity index (χ0v) is 11.7. The zero-order valence-electron chi connectivity index (χ0n) is 4.46. The van der Waals surface area contributed by atoms with Gasteiger partial charge >= 0.3 is 27.7 Å². The van der Waals surface area contributed by atoms with Crippen LogP contribution in [0.3, 0.4) is 0 Å². The molecule has 0 saturated heterocycles. The molecule has 0 aromatic heterocycles. The van der Waals surface area contributed by atoms with Crippen LogP contribution < -0.4 is 19.6 Å². The first-order chi connectivity index (χ1) is 3.71. The van der Waals surface area contributed by atoms with Crippen LogP contribution in [-0.4, -0.2) is 0 Å². The quantitative estimate of drug-likeness (QED) is 0.364. The molecule has 0 saturated carbocycles. The molecule has 0 aromatic rings. The van der Waals surface area contributed by atoms with Crippen molar-refractivity contribution in [1.82, 2.24) is 0 Å². The van der Waals surface area contributed by atoms with Crippen LogP contribution in [0, 0.1) is 0 Å². The second-order valence-electron chi connectivity index (χ2n) is 0.976. The van der Waals surface area contributed by atoms with Crippen LogP contribution in [0.4, 0.5) is 0 Å². The maximum absolute atomic E-state index is 9.32. The van der Waals surface area contributed by atoms with E-state index < -0.39 is 15.6 Å². The van der Waals surface area contributed by atoms with Gasteiger partial charge in [-0.2, -0.15) is 0 Å². The average Bonchev–Trinajstić information content (AvgIpc) is 1.14. The molecule has 54 valence electrons. The van der Waals surface area contributed by atoms with Gasteiger partial charge < -0.3 is 33.0 Å². The van der Waals surface area contributed by atoms with Crippen LogP contribution in [0.5, 0.6) is 0 Å². The summed E-state index contributed by atoms with van der Waals surface area (Å²) in [5.41, 5.74) is 0. The fraction of sp³-hybridized carbons (Fsp3) is 0. The Balaban J connectivity index is 0. The molecule has 0 atom stereocenters. The maximum atomic E-state index is 9.32. The number of hydrogen-bond acceptors (Lipinski definition) is 7. The van der Waals surface area contributed by atoms with Crippen molar-refractivity contribution in [3.8, 4) is 0 Å². The molecule has 0 aromatic carbocycles. The van der Waals surface area contributed by atoms with Gasteiger partial charge in [-0.25, -0.2) is 0 Å². The van der Waals surface area contributed by atoms with E-state index in [4.69, 9.17) is 0 Å². The van der Waals surface area contributed by atoms with Crippen molar-refractivity contribution in [2.75, 3.05) is 0 Å². The van der Waals surface area contributed by atoms with Gasteiger partial charge in [0.05, 0.1) is 15.6 Å². The third-order valence-corrected chi connectivity index (χ3v) is 1.80. The van der Waals surface area contributed by atoms with Crippen LogP contribution in [0.2, 0.25) is 0 Å². The Kier molecular flexibility index (Phi) is 5.89. The van der Waals surface area contributed by atoms with Gasteiger partial charge in [0.2, 0.25) is 0 Å². The van der Waals surface area contributed by atoms with Crippen molar-refractivity contribution in [3.05, 3.63) is 0 Å². The van der Waals surface area contributed by atoms with Gasteiger partial charge in [-0.15, -0.1) is 0 Å². The van der Waals surface area contributed by atoms with E-state index in [1.165, 1.54) is 0 Å². The van der Waals surface area contributed by atoms with E-state index in [-0.39, 0.29) is 27.7 Å². The fourth-order valence-electron chi connectivity index (χ4n) is 0.122. The molecule has 10 heavy (non-hydrogen) atoms. The van der Waals surface area contributed by atoms with E-state index in [1.54, 1.807) is 0 Å². The predicted octanol–water partition coefficient (Wildman–Crippen LogP) is -3.34. The fourth-order valence-corrected chi connectivity index (χ4v) is 1.10. The Morgan fingerprint density at radius 2 is 1.10 bits per heavy atom. The van der Waals surface area contributed by atoms with Crippen LogP contribution in [0.15, 0.2) is 0 Å². The summed E-state index contributed by atoms with van der Waals surface area (Å²) in [6.45, 7) is 0. The molecule has 0 spiro atoms. The number of phosphoric acid groups is 2. The number of rotatable bonds is 2. The van der Waals surface area contributed by atoms with Gasteiger partial charge in [0.1, 0.15) is 0 Å². The summed E-state index contributed by atoms with van der Waals surface area (Å²) >= 11 is 0. The van der Waals surface area contributed by atoms with E-state index >= 15 is 0 Å². The van der Waals surface area contributed by atoms with E-state index in [2.05, 4.69) is 4.31 Å². The molecule has 10 heteroatoms. The summed E-state index contributed by atoms with van der Waals surface area (Å²) in [6.07, 6.45) is 0. The minimum absolute atomic E-state index is 0. The first kappa shape index (κ1) is 13.8. The smallest absolute Gasteiger partial charge is 0.790 e. The molecule has 0 amide bonds. The molecule has 0 N–H and O–H groups in total. The molecule has 0 aliphatic carbocycles. The van der Waals surface area contributed by atoms with Crippen molar-refractivity contribution >= 4 is 15.6 Å². The molecule has 7 nitrogen and oxygen atoms in total. The van der Waals surface area contributed by atoms with Crippen LogP contribution in [0.1, 0.15) is 0 Å². The maximum Gasteiger partial charge on any atom is 4.00 e. The Morgan fingerprint density at radius 3 is 1.10 bits per heavy atom. The molecule has 0 heterocycles. The molecular weight excluding hydrogens is 375 g/mol. The van der Waals surface area contributed by atoms with Gasteiger partial charge in [-0.3, -0.25) is 0 Å². The standard InChI is InChI=1S/Hg.H4O7P2/c;1-8(2,3)7-9(4,5)6/h;(H2,1,2,3)(H2,4,5,6)/q+4;/p-4. The Labute approximate surface area is 76.4 Å². The minimum Gasteiger partial charge on any atom is -0.790 e. The predicted molar refractivity (Wildman–Crippen MR) is 16.3 cm³/mol. The second kappa shape index (κ2) is 4.28. The third kappa shape index (κ3) is 11.9. The summed E-state index contributed by atoms with van der Waals surface area (Å²) in [5.74, 6) is 0. The largest absolute Gasteiger partial charge is 4.00 e. The van der Waals surface area contributed by atoms with Gasteiger partial charge in [-0.1, -0.05) is 0 Å². The van der Waals surface area contributed by atoms with Crippen molar-refractivity contribution in [2.24, 2.45) is 0 Å². The number of hydrogen-bond donors (Lipinski definition) is 0. The van der Waals surface area contributed by atoms with Gasteiger partial charge in [-0.05, 0) is 0 Å². The van der Waals surface area contributed by atoms with Crippen molar-refractivity contribution in [3.63, 3.8) is 0 Å². The Bertz CT molecular complexity index is 152. The Morgan fingerprint density at radius 1 is 0.900 bits per heavy atom. The van der Waals surface area contributed by atoms with Crippen molar-refractivity contribution in [2.45, 2.75) is 0 Å². The third-order valence-electron chi connectivity index (χ3n) is 0.200. The van der Waals surface area contributed by atoms with E-state index in [1.807, 2.05) is 0 Å². The van der Waals surface area contributed by atoms with E-state index in [0.29, 0.717) is 0 Å². The first-order valence-electron chi connectivity index (χ1n) is 1.46. The van der Waals surface area contributed by atoms with Crippen molar-refractivity contribution in [1.29, 1.82) is 0 Å². The molecular formula is HgO7P2. The first-order valence-corrected chi connectivity index (χ1v) is 4.38. The summed E-state index contributed by atoms with van der Waals surface area (Å²) in [7, 11) is -11.4. The summed E-state index contributed by atoms with van der Waals surface area (Å²) in [4.78, 5) is 37.3. The summed E-state index contributed by atoms with van der Waals surface area (Å²) in [5, 5.41) is 0. The SMILES string of the molecule is O=P([O-])([O-])OP(=O)([O-])[O-].[Hg+4]. The zero-order chi connectivity index (χ0) is 7.71.